The maximum atomic E-state index is 11.6. The SMILES string of the molecule is COC(=O)[C@H](C)NC(=O)NCc1ccc(OC)c(OC)c1. The molecule has 0 fully saturated rings. The molecule has 0 aliphatic carbocycles. The van der Waals surface area contributed by atoms with Gasteiger partial charge >= 0.3 is 12.0 Å². The van der Waals surface area contributed by atoms with Gasteiger partial charge in [-0.15, -0.1) is 0 Å². The minimum absolute atomic E-state index is 0.292. The number of hydrogen-bond donors (Lipinski definition) is 2. The summed E-state index contributed by atoms with van der Waals surface area (Å²) in [5.74, 6) is 0.696. The lowest BCUT2D eigenvalue weighted by Gasteiger charge is -2.13. The van der Waals surface area contributed by atoms with Crippen LogP contribution in [0.1, 0.15) is 12.5 Å². The van der Waals surface area contributed by atoms with E-state index >= 15 is 0 Å². The van der Waals surface area contributed by atoms with Crippen molar-refractivity contribution >= 4 is 12.0 Å². The van der Waals surface area contributed by atoms with Crippen molar-refractivity contribution in [2.24, 2.45) is 0 Å². The third kappa shape index (κ3) is 4.87. The van der Waals surface area contributed by atoms with Crippen LogP contribution in [-0.2, 0) is 16.1 Å². The lowest BCUT2D eigenvalue weighted by atomic mass is 10.2. The Kier molecular flexibility index (Phi) is 6.32. The zero-order valence-electron chi connectivity index (χ0n) is 12.6. The maximum Gasteiger partial charge on any atom is 0.328 e. The number of esters is 1. The fraction of sp³-hybridized carbons (Fsp3) is 0.429. The Hall–Kier alpha value is -2.44. The number of carbonyl (C=O) groups is 2. The lowest BCUT2D eigenvalue weighted by Crippen LogP contribution is -2.44. The molecule has 0 spiro atoms. The maximum absolute atomic E-state index is 11.6. The molecule has 7 nitrogen and oxygen atoms in total. The first-order valence-corrected chi connectivity index (χ1v) is 6.35. The van der Waals surface area contributed by atoms with Crippen molar-refractivity contribution in [3.63, 3.8) is 0 Å². The van der Waals surface area contributed by atoms with E-state index in [1.165, 1.54) is 7.11 Å². The Bertz CT molecular complexity index is 504. The van der Waals surface area contributed by atoms with Crippen LogP contribution in [0.3, 0.4) is 0 Å². The molecule has 0 aliphatic rings. The monoisotopic (exact) mass is 296 g/mol. The molecule has 0 aromatic heterocycles. The van der Waals surface area contributed by atoms with Crippen LogP contribution in [0.4, 0.5) is 4.79 Å². The van der Waals surface area contributed by atoms with Crippen LogP contribution in [-0.4, -0.2) is 39.4 Å². The van der Waals surface area contributed by atoms with E-state index in [0.29, 0.717) is 18.0 Å². The van der Waals surface area contributed by atoms with E-state index < -0.39 is 18.0 Å². The molecule has 7 heteroatoms. The van der Waals surface area contributed by atoms with Gasteiger partial charge in [-0.3, -0.25) is 0 Å². The zero-order valence-corrected chi connectivity index (χ0v) is 12.6. The van der Waals surface area contributed by atoms with Gasteiger partial charge in [-0.05, 0) is 24.6 Å². The van der Waals surface area contributed by atoms with Crippen LogP contribution in [0.2, 0.25) is 0 Å². The number of methoxy groups -OCH3 is 3. The van der Waals surface area contributed by atoms with Crippen LogP contribution in [0.5, 0.6) is 11.5 Å². The molecule has 1 rings (SSSR count). The number of rotatable bonds is 6. The van der Waals surface area contributed by atoms with Crippen molar-refractivity contribution < 1.29 is 23.8 Å². The second-order valence-corrected chi connectivity index (χ2v) is 4.26. The minimum Gasteiger partial charge on any atom is -0.493 e. The van der Waals surface area contributed by atoms with Crippen LogP contribution in [0, 0.1) is 0 Å². The van der Waals surface area contributed by atoms with E-state index in [0.717, 1.165) is 5.56 Å². The minimum atomic E-state index is -0.708. The van der Waals surface area contributed by atoms with E-state index in [-0.39, 0.29) is 0 Å². The van der Waals surface area contributed by atoms with Gasteiger partial charge in [0.15, 0.2) is 11.5 Å². The summed E-state index contributed by atoms with van der Waals surface area (Å²) in [7, 11) is 4.36. The third-order valence-electron chi connectivity index (χ3n) is 2.80. The topological polar surface area (TPSA) is 85.9 Å². The van der Waals surface area contributed by atoms with E-state index in [1.54, 1.807) is 33.3 Å². The Morgan fingerprint density at radius 3 is 2.38 bits per heavy atom. The normalized spacial score (nSPS) is 11.2. The van der Waals surface area contributed by atoms with Gasteiger partial charge in [0.1, 0.15) is 6.04 Å². The summed E-state index contributed by atoms with van der Waals surface area (Å²) < 4.78 is 14.8. The molecular weight excluding hydrogens is 276 g/mol. The molecule has 0 unspecified atom stereocenters. The molecule has 2 N–H and O–H groups in total. The van der Waals surface area contributed by atoms with Crippen molar-refractivity contribution in [3.05, 3.63) is 23.8 Å². The Balaban J connectivity index is 2.55. The summed E-state index contributed by atoms with van der Waals surface area (Å²) in [5.41, 5.74) is 0.841. The predicted octanol–water partition coefficient (Wildman–Crippen LogP) is 1.06. The van der Waals surface area contributed by atoms with Crippen molar-refractivity contribution in [2.75, 3.05) is 21.3 Å². The second-order valence-electron chi connectivity index (χ2n) is 4.26. The number of ether oxygens (including phenoxy) is 3. The second kappa shape index (κ2) is 7.98. The van der Waals surface area contributed by atoms with Crippen molar-refractivity contribution in [3.8, 4) is 11.5 Å². The molecule has 2 amide bonds. The van der Waals surface area contributed by atoms with Crippen LogP contribution >= 0.6 is 0 Å². The summed E-state index contributed by atoms with van der Waals surface area (Å²) in [6, 6.07) is 4.17. The summed E-state index contributed by atoms with van der Waals surface area (Å²) in [6.07, 6.45) is 0. The number of hydrogen-bond acceptors (Lipinski definition) is 5. The Morgan fingerprint density at radius 2 is 1.81 bits per heavy atom. The van der Waals surface area contributed by atoms with Gasteiger partial charge in [0, 0.05) is 6.54 Å². The van der Waals surface area contributed by atoms with Gasteiger partial charge in [0.25, 0.3) is 0 Å². The fourth-order valence-corrected chi connectivity index (χ4v) is 1.66. The summed E-state index contributed by atoms with van der Waals surface area (Å²) in [5, 5.41) is 5.11. The summed E-state index contributed by atoms with van der Waals surface area (Å²) in [6.45, 7) is 1.84. The number of benzene rings is 1. The molecule has 0 aliphatic heterocycles. The highest BCUT2D eigenvalue weighted by Crippen LogP contribution is 2.27. The molecular formula is C14H20N2O5. The number of carbonyl (C=O) groups excluding carboxylic acids is 2. The molecule has 1 atom stereocenters. The highest BCUT2D eigenvalue weighted by Gasteiger charge is 2.15. The van der Waals surface area contributed by atoms with Gasteiger partial charge in [-0.2, -0.15) is 0 Å². The van der Waals surface area contributed by atoms with Crippen LogP contribution in [0.15, 0.2) is 18.2 Å². The van der Waals surface area contributed by atoms with Crippen LogP contribution in [0.25, 0.3) is 0 Å². The molecule has 21 heavy (non-hydrogen) atoms. The van der Waals surface area contributed by atoms with Gasteiger partial charge in [0.05, 0.1) is 21.3 Å². The van der Waals surface area contributed by atoms with Crippen molar-refractivity contribution in [1.82, 2.24) is 10.6 Å². The van der Waals surface area contributed by atoms with Gasteiger partial charge in [-0.25, -0.2) is 9.59 Å². The number of urea groups is 1. The highest BCUT2D eigenvalue weighted by atomic mass is 16.5. The summed E-state index contributed by atoms with van der Waals surface area (Å²) in [4.78, 5) is 22.8. The first kappa shape index (κ1) is 16.6. The molecule has 0 saturated heterocycles. The molecule has 1 aromatic carbocycles. The third-order valence-corrected chi connectivity index (χ3v) is 2.80. The molecule has 0 heterocycles. The smallest absolute Gasteiger partial charge is 0.328 e. The first-order chi connectivity index (χ1) is 10.0. The van der Waals surface area contributed by atoms with E-state index in [1.807, 2.05) is 6.07 Å². The molecule has 116 valence electrons. The van der Waals surface area contributed by atoms with Gasteiger partial charge < -0.3 is 24.8 Å². The summed E-state index contributed by atoms with van der Waals surface area (Å²) >= 11 is 0. The molecule has 0 radical (unpaired) electrons. The van der Waals surface area contributed by atoms with Gasteiger partial charge in [0.2, 0.25) is 0 Å². The Morgan fingerprint density at radius 1 is 1.14 bits per heavy atom. The lowest BCUT2D eigenvalue weighted by molar-refractivity contribution is -0.142. The highest BCUT2D eigenvalue weighted by molar-refractivity contribution is 5.83. The fourth-order valence-electron chi connectivity index (χ4n) is 1.66. The first-order valence-electron chi connectivity index (χ1n) is 6.35. The largest absolute Gasteiger partial charge is 0.493 e. The average Bonchev–Trinajstić information content (AvgIpc) is 2.51. The Labute approximate surface area is 123 Å². The van der Waals surface area contributed by atoms with Crippen molar-refractivity contribution in [2.45, 2.75) is 19.5 Å². The quantitative estimate of drug-likeness (QED) is 0.767. The van der Waals surface area contributed by atoms with E-state index in [9.17, 15) is 9.59 Å². The van der Waals surface area contributed by atoms with Crippen LogP contribution < -0.4 is 20.1 Å². The van der Waals surface area contributed by atoms with E-state index in [2.05, 4.69) is 15.4 Å². The zero-order chi connectivity index (χ0) is 15.8. The number of amides is 2. The van der Waals surface area contributed by atoms with Gasteiger partial charge in [-0.1, -0.05) is 6.07 Å². The average molecular weight is 296 g/mol. The molecule has 0 saturated carbocycles. The number of nitrogens with one attached hydrogen (secondary N) is 2. The van der Waals surface area contributed by atoms with E-state index in [4.69, 9.17) is 9.47 Å². The molecule has 1 aromatic rings. The standard InChI is InChI=1S/C14H20N2O5/c1-9(13(17)21-4)16-14(18)15-8-10-5-6-11(19-2)12(7-10)20-3/h5-7,9H,8H2,1-4H3,(H2,15,16,18)/t9-/m0/s1. The molecule has 0 bridgehead atoms. The van der Waals surface area contributed by atoms with Crippen molar-refractivity contribution in [1.29, 1.82) is 0 Å². The predicted molar refractivity (Wildman–Crippen MR) is 76.4 cm³/mol.